The van der Waals surface area contributed by atoms with E-state index in [1.54, 1.807) is 12.1 Å². The Hall–Kier alpha value is -0.224. The summed E-state index contributed by atoms with van der Waals surface area (Å²) in [6, 6.07) is 7.30. The predicted molar refractivity (Wildman–Crippen MR) is 96.4 cm³/mol. The fourth-order valence-corrected chi connectivity index (χ4v) is 13.9. The van der Waals surface area contributed by atoms with Gasteiger partial charge in [-0.25, -0.2) is 0 Å². The average Bonchev–Trinajstić information content (AvgIpc) is 2.23. The van der Waals surface area contributed by atoms with Gasteiger partial charge in [-0.15, -0.1) is 0 Å². The predicted octanol–water partition coefficient (Wildman–Crippen LogP) is 1.35. The maximum atomic E-state index is 9.39. The molecule has 1 rings (SSSR count). The third kappa shape index (κ3) is 6.19. The first-order valence-corrected chi connectivity index (χ1v) is 16.3. The Morgan fingerprint density at radius 3 is 1.71 bits per heavy atom. The van der Waals surface area contributed by atoms with Crippen LogP contribution in [0.2, 0.25) is 45.8 Å². The summed E-state index contributed by atoms with van der Waals surface area (Å²) in [5, 5.41) is 19.7. The molecule has 118 valence electrons. The van der Waals surface area contributed by atoms with E-state index in [9.17, 15) is 10.0 Å². The summed E-state index contributed by atoms with van der Waals surface area (Å²) >= 11 is 0. The minimum absolute atomic E-state index is 0.476. The highest BCUT2D eigenvalue weighted by atomic mass is 28.5. The van der Waals surface area contributed by atoms with Gasteiger partial charge in [0, 0.05) is 0 Å². The van der Waals surface area contributed by atoms with Crippen LogP contribution in [-0.2, 0) is 8.23 Å². The van der Waals surface area contributed by atoms with Gasteiger partial charge < -0.3 is 18.3 Å². The van der Waals surface area contributed by atoms with Crippen molar-refractivity contribution in [3.63, 3.8) is 0 Å². The smallest absolute Gasteiger partial charge is 0.433 e. The molecule has 0 unspecified atom stereocenters. The molecule has 0 spiro atoms. The second-order valence-electron chi connectivity index (χ2n) is 7.37. The normalized spacial score (nSPS) is 13.4. The van der Waals surface area contributed by atoms with Crippen LogP contribution in [0, 0.1) is 0 Å². The van der Waals surface area contributed by atoms with E-state index in [0.717, 1.165) is 5.19 Å². The zero-order valence-corrected chi connectivity index (χ0v) is 17.1. The monoisotopic (exact) mass is 342 g/mol. The summed E-state index contributed by atoms with van der Waals surface area (Å²) in [4.78, 5) is 0. The first-order valence-electron chi connectivity index (χ1n) is 7.19. The van der Waals surface area contributed by atoms with Crippen molar-refractivity contribution in [2.24, 2.45) is 0 Å². The van der Waals surface area contributed by atoms with Crippen LogP contribution in [0.5, 0.6) is 0 Å². The average molecular weight is 342 g/mol. The summed E-state index contributed by atoms with van der Waals surface area (Å²) in [5.74, 6) is 0. The van der Waals surface area contributed by atoms with Crippen LogP contribution in [0.15, 0.2) is 24.3 Å². The van der Waals surface area contributed by atoms with E-state index < -0.39 is 32.3 Å². The van der Waals surface area contributed by atoms with Crippen molar-refractivity contribution < 1.29 is 18.3 Å². The van der Waals surface area contributed by atoms with Crippen molar-refractivity contribution in [1.29, 1.82) is 0 Å². The second kappa shape index (κ2) is 6.49. The molecule has 0 aromatic heterocycles. The van der Waals surface area contributed by atoms with Crippen LogP contribution in [0.3, 0.4) is 0 Å². The Balaban J connectivity index is 3.26. The molecule has 0 heterocycles. The quantitative estimate of drug-likeness (QED) is 0.766. The standard InChI is InChI=1S/C13H27BO4Si3/c1-19(2,3)17-21(7,18-20(4,5)6)13-10-8-9-12(11-13)14(15)16/h8-11,15-16H,1-7H3. The maximum absolute atomic E-state index is 9.39. The van der Waals surface area contributed by atoms with E-state index in [1.807, 2.05) is 12.1 Å². The van der Waals surface area contributed by atoms with Crippen LogP contribution in [0.25, 0.3) is 0 Å². The zero-order valence-electron chi connectivity index (χ0n) is 14.1. The third-order valence-electron chi connectivity index (χ3n) is 2.71. The van der Waals surface area contributed by atoms with Gasteiger partial charge in [0.25, 0.3) is 0 Å². The summed E-state index contributed by atoms with van der Waals surface area (Å²) in [6.07, 6.45) is 0. The molecule has 4 nitrogen and oxygen atoms in total. The largest absolute Gasteiger partial charge is 0.488 e. The third-order valence-corrected chi connectivity index (χ3v) is 12.1. The Kier molecular flexibility index (Phi) is 5.82. The molecule has 0 aliphatic heterocycles. The fraction of sp³-hybridized carbons (Fsp3) is 0.538. The Bertz CT molecular complexity index is 467. The van der Waals surface area contributed by atoms with Crippen LogP contribution in [0.4, 0.5) is 0 Å². The van der Waals surface area contributed by atoms with Gasteiger partial charge >= 0.3 is 15.7 Å². The van der Waals surface area contributed by atoms with Gasteiger partial charge in [-0.2, -0.15) is 0 Å². The molecule has 0 saturated heterocycles. The van der Waals surface area contributed by atoms with Gasteiger partial charge in [0.1, 0.15) is 0 Å². The molecule has 0 amide bonds. The molecule has 1 aromatic rings. The van der Waals surface area contributed by atoms with E-state index in [0.29, 0.717) is 5.46 Å². The number of hydrogen-bond acceptors (Lipinski definition) is 4. The van der Waals surface area contributed by atoms with Crippen molar-refractivity contribution in [1.82, 2.24) is 0 Å². The molecule has 21 heavy (non-hydrogen) atoms. The highest BCUT2D eigenvalue weighted by Crippen LogP contribution is 2.20. The Morgan fingerprint density at radius 1 is 0.857 bits per heavy atom. The Labute approximate surface area is 131 Å². The molecule has 0 aliphatic carbocycles. The first kappa shape index (κ1) is 18.8. The van der Waals surface area contributed by atoms with E-state index in [2.05, 4.69) is 45.8 Å². The SMILES string of the molecule is C[Si](C)(C)O[Si](C)(O[Si](C)(C)C)c1cccc(B(O)O)c1. The summed E-state index contributed by atoms with van der Waals surface area (Å²) in [5.41, 5.74) is 0.476. The molecule has 8 heteroatoms. The molecule has 0 fully saturated rings. The highest BCUT2D eigenvalue weighted by Gasteiger charge is 2.42. The molecular formula is C13H27BO4Si3. The number of rotatable bonds is 6. The van der Waals surface area contributed by atoms with Crippen molar-refractivity contribution in [2.75, 3.05) is 0 Å². The van der Waals surface area contributed by atoms with E-state index in [1.165, 1.54) is 0 Å². The molecule has 0 aliphatic rings. The van der Waals surface area contributed by atoms with Gasteiger partial charge in [-0.05, 0) is 56.5 Å². The van der Waals surface area contributed by atoms with Gasteiger partial charge in [-0.3, -0.25) is 0 Å². The van der Waals surface area contributed by atoms with Gasteiger partial charge in [-0.1, -0.05) is 24.3 Å². The van der Waals surface area contributed by atoms with E-state index in [4.69, 9.17) is 8.23 Å². The molecule has 0 atom stereocenters. The van der Waals surface area contributed by atoms with Crippen molar-refractivity contribution in [2.45, 2.75) is 45.8 Å². The number of hydrogen-bond donors (Lipinski definition) is 2. The fourth-order valence-electron chi connectivity index (χ4n) is 2.29. The lowest BCUT2D eigenvalue weighted by molar-refractivity contribution is 0.404. The molecule has 0 saturated carbocycles. The zero-order chi connectivity index (χ0) is 16.5. The maximum Gasteiger partial charge on any atom is 0.488 e. The lowest BCUT2D eigenvalue weighted by atomic mass is 9.80. The van der Waals surface area contributed by atoms with Gasteiger partial charge in [0.05, 0.1) is 0 Å². The van der Waals surface area contributed by atoms with Crippen LogP contribution >= 0.6 is 0 Å². The Morgan fingerprint density at radius 2 is 1.33 bits per heavy atom. The molecule has 1 aromatic carbocycles. The van der Waals surface area contributed by atoms with Crippen molar-refractivity contribution >= 4 is 43.0 Å². The molecule has 0 radical (unpaired) electrons. The first-order chi connectivity index (χ1) is 9.32. The number of benzene rings is 1. The minimum Gasteiger partial charge on any atom is -0.433 e. The molecular weight excluding hydrogens is 315 g/mol. The van der Waals surface area contributed by atoms with Crippen LogP contribution in [0.1, 0.15) is 0 Å². The van der Waals surface area contributed by atoms with Crippen molar-refractivity contribution in [3.8, 4) is 0 Å². The molecule has 2 N–H and O–H groups in total. The molecule has 0 bridgehead atoms. The highest BCUT2D eigenvalue weighted by molar-refractivity contribution is 6.94. The van der Waals surface area contributed by atoms with Crippen molar-refractivity contribution in [3.05, 3.63) is 24.3 Å². The summed E-state index contributed by atoms with van der Waals surface area (Å²) in [6.45, 7) is 15.0. The van der Waals surface area contributed by atoms with Gasteiger partial charge in [0.2, 0.25) is 0 Å². The second-order valence-corrected chi connectivity index (χ2v) is 19.9. The van der Waals surface area contributed by atoms with E-state index in [-0.39, 0.29) is 0 Å². The summed E-state index contributed by atoms with van der Waals surface area (Å²) in [7, 11) is -7.61. The summed E-state index contributed by atoms with van der Waals surface area (Å²) < 4.78 is 12.9. The minimum atomic E-state index is -2.57. The topological polar surface area (TPSA) is 58.9 Å². The van der Waals surface area contributed by atoms with E-state index >= 15 is 0 Å². The lowest BCUT2D eigenvalue weighted by Gasteiger charge is -2.38. The van der Waals surface area contributed by atoms with Crippen LogP contribution < -0.4 is 10.6 Å². The lowest BCUT2D eigenvalue weighted by Crippen LogP contribution is -2.61. The van der Waals surface area contributed by atoms with Crippen LogP contribution in [-0.4, -0.2) is 42.4 Å². The van der Waals surface area contributed by atoms with Gasteiger partial charge in [0.15, 0.2) is 16.6 Å².